The van der Waals surface area contributed by atoms with Gasteiger partial charge in [-0.1, -0.05) is 32.1 Å². The van der Waals surface area contributed by atoms with Crippen molar-refractivity contribution in [3.63, 3.8) is 0 Å². The van der Waals surface area contributed by atoms with E-state index in [1.807, 2.05) is 0 Å². The van der Waals surface area contributed by atoms with E-state index in [0.717, 1.165) is 44.9 Å². The Morgan fingerprint density at radius 2 is 1.48 bits per heavy atom. The molecule has 1 aromatic rings. The van der Waals surface area contributed by atoms with Gasteiger partial charge < -0.3 is 24.6 Å². The van der Waals surface area contributed by atoms with E-state index < -0.39 is 5.97 Å². The second kappa shape index (κ2) is 18.3. The zero-order valence-electron chi connectivity index (χ0n) is 18.1. The van der Waals surface area contributed by atoms with Crippen molar-refractivity contribution < 1.29 is 33.7 Å². The molecule has 8 heteroatoms. The molecule has 0 atom stereocenters. The summed E-state index contributed by atoms with van der Waals surface area (Å²) < 4.78 is 15.8. The van der Waals surface area contributed by atoms with E-state index in [2.05, 4.69) is 5.32 Å². The highest BCUT2D eigenvalue weighted by Crippen LogP contribution is 2.13. The number of ether oxygens (including phenoxy) is 3. The third-order valence-electron chi connectivity index (χ3n) is 4.52. The monoisotopic (exact) mass is 436 g/mol. The van der Waals surface area contributed by atoms with Crippen molar-refractivity contribution in [2.45, 2.75) is 51.4 Å². The van der Waals surface area contributed by atoms with Crippen LogP contribution in [0.1, 0.15) is 61.7 Å². The third-order valence-corrected chi connectivity index (χ3v) is 4.52. The lowest BCUT2D eigenvalue weighted by molar-refractivity contribution is -0.121. The van der Waals surface area contributed by atoms with Crippen molar-refractivity contribution >= 4 is 18.2 Å². The van der Waals surface area contributed by atoms with Crippen LogP contribution in [0, 0.1) is 0 Å². The first kappa shape index (κ1) is 26.6. The molecule has 2 N–H and O–H groups in total. The van der Waals surface area contributed by atoms with Gasteiger partial charge in [0.25, 0.3) is 0 Å². The van der Waals surface area contributed by atoms with E-state index in [1.54, 1.807) is 30.6 Å². The fourth-order valence-corrected chi connectivity index (χ4v) is 2.84. The van der Waals surface area contributed by atoms with Gasteiger partial charge in [0.15, 0.2) is 0 Å². The molecule has 0 aliphatic heterocycles. The summed E-state index contributed by atoms with van der Waals surface area (Å²) in [7, 11) is 0. The molecule has 0 saturated carbocycles. The number of carbonyl (C=O) groups excluding carboxylic acids is 2. The minimum Gasteiger partial charge on any atom is -0.494 e. The maximum atomic E-state index is 11.7. The summed E-state index contributed by atoms with van der Waals surface area (Å²) in [6, 6.07) is 6.44. The Morgan fingerprint density at radius 3 is 2.16 bits per heavy atom. The van der Waals surface area contributed by atoms with Crippen LogP contribution in [0.4, 0.5) is 0 Å². The fraction of sp³-hybridized carbons (Fsp3) is 0.609. The summed E-state index contributed by atoms with van der Waals surface area (Å²) in [5, 5.41) is 11.7. The summed E-state index contributed by atoms with van der Waals surface area (Å²) in [4.78, 5) is 32.4. The molecule has 0 heterocycles. The van der Waals surface area contributed by atoms with Crippen LogP contribution < -0.4 is 10.1 Å². The van der Waals surface area contributed by atoms with Gasteiger partial charge in [-0.3, -0.25) is 9.59 Å². The normalized spacial score (nSPS) is 10.6. The van der Waals surface area contributed by atoms with Crippen molar-refractivity contribution in [1.29, 1.82) is 0 Å². The fourth-order valence-electron chi connectivity index (χ4n) is 2.84. The van der Waals surface area contributed by atoms with Crippen LogP contribution >= 0.6 is 0 Å². The van der Waals surface area contributed by atoms with Crippen LogP contribution in [0.3, 0.4) is 0 Å². The third kappa shape index (κ3) is 15.1. The second-order valence-electron chi connectivity index (χ2n) is 7.06. The summed E-state index contributed by atoms with van der Waals surface area (Å²) in [6.45, 7) is 2.23. The Labute approximate surface area is 184 Å². The number of hydrogen-bond donors (Lipinski definition) is 2. The zero-order chi connectivity index (χ0) is 22.6. The van der Waals surface area contributed by atoms with Crippen molar-refractivity contribution in [3.8, 4) is 5.75 Å². The Bertz CT molecular complexity index is 619. The summed E-state index contributed by atoms with van der Waals surface area (Å²) in [6.07, 6.45) is 9.55. The molecule has 0 aliphatic rings. The molecule has 173 valence electrons. The number of benzene rings is 1. The van der Waals surface area contributed by atoms with Crippen LogP contribution in [0.2, 0.25) is 0 Å². The molecule has 0 spiro atoms. The van der Waals surface area contributed by atoms with E-state index in [1.165, 1.54) is 0 Å². The Hall–Kier alpha value is -2.45. The van der Waals surface area contributed by atoms with Gasteiger partial charge >= 0.3 is 5.97 Å². The molecule has 1 amide bonds. The largest absolute Gasteiger partial charge is 0.494 e. The molecule has 0 fully saturated rings. The number of carboxylic acid groups (broad SMARTS) is 1. The van der Waals surface area contributed by atoms with Crippen LogP contribution in [-0.2, 0) is 19.1 Å². The molecular formula is C23H34NO7. The number of rotatable bonds is 20. The summed E-state index contributed by atoms with van der Waals surface area (Å²) in [5.41, 5.74) is 0.257. The van der Waals surface area contributed by atoms with Crippen LogP contribution in [-0.4, -0.2) is 62.8 Å². The number of amides is 1. The average molecular weight is 437 g/mol. The van der Waals surface area contributed by atoms with Crippen LogP contribution in [0.25, 0.3) is 0 Å². The SMILES string of the molecule is O=[C]COCCOCCNC(=O)CCCCCCCCCOc1ccc(C(=O)O)cc1. The van der Waals surface area contributed by atoms with Gasteiger partial charge in [-0.2, -0.15) is 0 Å². The van der Waals surface area contributed by atoms with Gasteiger partial charge in [0.05, 0.1) is 32.0 Å². The second-order valence-corrected chi connectivity index (χ2v) is 7.06. The lowest BCUT2D eigenvalue weighted by atomic mass is 10.1. The quantitative estimate of drug-likeness (QED) is 0.302. The van der Waals surface area contributed by atoms with Gasteiger partial charge in [-0.05, 0) is 37.1 Å². The van der Waals surface area contributed by atoms with Crippen molar-refractivity contribution in [3.05, 3.63) is 29.8 Å². The van der Waals surface area contributed by atoms with Gasteiger partial charge in [0.1, 0.15) is 12.4 Å². The van der Waals surface area contributed by atoms with Gasteiger partial charge in [0, 0.05) is 13.0 Å². The minimum absolute atomic E-state index is 0.0407. The van der Waals surface area contributed by atoms with E-state index in [0.29, 0.717) is 45.1 Å². The Kier molecular flexibility index (Phi) is 15.7. The number of nitrogens with one attached hydrogen (secondary N) is 1. The number of aromatic carboxylic acids is 1. The number of carboxylic acids is 1. The molecule has 0 bridgehead atoms. The van der Waals surface area contributed by atoms with E-state index in [-0.39, 0.29) is 18.1 Å². The molecule has 1 aromatic carbocycles. The highest BCUT2D eigenvalue weighted by molar-refractivity contribution is 5.87. The molecule has 1 rings (SSSR count). The topological polar surface area (TPSA) is 111 Å². The predicted molar refractivity (Wildman–Crippen MR) is 116 cm³/mol. The van der Waals surface area contributed by atoms with E-state index >= 15 is 0 Å². The molecule has 31 heavy (non-hydrogen) atoms. The smallest absolute Gasteiger partial charge is 0.335 e. The minimum atomic E-state index is -0.938. The van der Waals surface area contributed by atoms with Crippen molar-refractivity contribution in [2.75, 3.05) is 39.6 Å². The molecule has 1 radical (unpaired) electrons. The first-order chi connectivity index (χ1) is 15.1. The van der Waals surface area contributed by atoms with Crippen molar-refractivity contribution in [1.82, 2.24) is 5.32 Å². The summed E-state index contributed by atoms with van der Waals surface area (Å²) >= 11 is 0. The molecule has 8 nitrogen and oxygen atoms in total. The highest BCUT2D eigenvalue weighted by atomic mass is 16.5. The first-order valence-electron chi connectivity index (χ1n) is 10.9. The van der Waals surface area contributed by atoms with Gasteiger partial charge in [-0.15, -0.1) is 0 Å². The highest BCUT2D eigenvalue weighted by Gasteiger charge is 2.03. The van der Waals surface area contributed by atoms with Crippen LogP contribution in [0.15, 0.2) is 24.3 Å². The maximum absolute atomic E-state index is 11.7. The molecular weight excluding hydrogens is 402 g/mol. The van der Waals surface area contributed by atoms with Crippen LogP contribution in [0.5, 0.6) is 5.75 Å². The number of carbonyl (C=O) groups is 2. The molecule has 0 unspecified atom stereocenters. The predicted octanol–water partition coefficient (Wildman–Crippen LogP) is 3.14. The summed E-state index contributed by atoms with van der Waals surface area (Å²) in [5.74, 6) is -0.201. The van der Waals surface area contributed by atoms with Gasteiger partial charge in [0.2, 0.25) is 12.2 Å². The standard InChI is InChI=1S/C23H34NO7/c25-14-17-30-19-18-29-16-13-24-22(26)8-6-4-2-1-3-5-7-15-31-21-11-9-20(10-12-21)23(27)28/h9-12H,1-8,13,15-19H2,(H,24,26)(H,27,28). The maximum Gasteiger partial charge on any atom is 0.335 e. The molecule has 0 saturated heterocycles. The van der Waals surface area contributed by atoms with Crippen molar-refractivity contribution in [2.24, 2.45) is 0 Å². The van der Waals surface area contributed by atoms with E-state index in [4.69, 9.17) is 19.3 Å². The first-order valence-corrected chi connectivity index (χ1v) is 10.9. The molecule has 0 aliphatic carbocycles. The van der Waals surface area contributed by atoms with Gasteiger partial charge in [-0.25, -0.2) is 4.79 Å². The van der Waals surface area contributed by atoms with E-state index in [9.17, 15) is 14.4 Å². The zero-order valence-corrected chi connectivity index (χ0v) is 18.1. The number of unbranched alkanes of at least 4 members (excludes halogenated alkanes) is 6. The lowest BCUT2D eigenvalue weighted by Crippen LogP contribution is -2.27. The number of hydrogen-bond acceptors (Lipinski definition) is 6. The Morgan fingerprint density at radius 1 is 0.839 bits per heavy atom. The average Bonchev–Trinajstić information content (AvgIpc) is 2.77. The Balaban J connectivity index is 1.84. The lowest BCUT2D eigenvalue weighted by Gasteiger charge is -2.07. The molecule has 0 aromatic heterocycles.